The number of nitrogens with zero attached hydrogens (tertiary/aromatic N) is 2. The zero-order chi connectivity index (χ0) is 18.1. The van der Waals surface area contributed by atoms with Crippen molar-refractivity contribution < 1.29 is 14.3 Å². The lowest BCUT2D eigenvalue weighted by molar-refractivity contribution is 0.102. The van der Waals surface area contributed by atoms with Gasteiger partial charge in [-0.05, 0) is 18.6 Å². The molecule has 2 aromatic rings. The number of nitrogens with one attached hydrogen (secondary N) is 2. The lowest BCUT2D eigenvalue weighted by Gasteiger charge is -2.11. The molecule has 1 heterocycles. The second kappa shape index (κ2) is 9.46. The van der Waals surface area contributed by atoms with E-state index in [1.807, 2.05) is 0 Å². The van der Waals surface area contributed by atoms with Gasteiger partial charge in [0.25, 0.3) is 5.91 Å². The van der Waals surface area contributed by atoms with Gasteiger partial charge >= 0.3 is 0 Å². The molecule has 1 aromatic heterocycles. The van der Waals surface area contributed by atoms with E-state index in [1.165, 1.54) is 26.1 Å². The number of methoxy groups -OCH3 is 2. The van der Waals surface area contributed by atoms with Gasteiger partial charge in [0.05, 0.1) is 32.3 Å². The molecule has 1 amide bonds. The number of hydrogen-bond donors (Lipinski definition) is 2. The summed E-state index contributed by atoms with van der Waals surface area (Å²) in [6.45, 7) is 3.00. The third-order valence-electron chi connectivity index (χ3n) is 3.63. The van der Waals surface area contributed by atoms with Crippen LogP contribution >= 0.6 is 0 Å². The quantitative estimate of drug-likeness (QED) is 0.679. The number of unbranched alkanes of at least 4 members (excludes halogenated alkanes) is 2. The van der Waals surface area contributed by atoms with Crippen molar-refractivity contribution in [3.63, 3.8) is 0 Å². The van der Waals surface area contributed by atoms with Crippen LogP contribution in [-0.2, 0) is 0 Å². The van der Waals surface area contributed by atoms with Crippen LogP contribution in [0.25, 0.3) is 0 Å². The molecule has 7 nitrogen and oxygen atoms in total. The number of rotatable bonds is 9. The third-order valence-corrected chi connectivity index (χ3v) is 3.63. The van der Waals surface area contributed by atoms with Crippen LogP contribution in [0.1, 0.15) is 36.7 Å². The molecule has 0 spiro atoms. The van der Waals surface area contributed by atoms with Crippen LogP contribution in [0, 0.1) is 0 Å². The van der Waals surface area contributed by atoms with E-state index in [-0.39, 0.29) is 11.6 Å². The van der Waals surface area contributed by atoms with Gasteiger partial charge < -0.3 is 20.1 Å². The van der Waals surface area contributed by atoms with E-state index in [1.54, 1.807) is 31.5 Å². The van der Waals surface area contributed by atoms with Crippen LogP contribution in [0.5, 0.6) is 11.5 Å². The summed E-state index contributed by atoms with van der Waals surface area (Å²) in [6.07, 6.45) is 6.42. The molecule has 0 aliphatic rings. The van der Waals surface area contributed by atoms with Gasteiger partial charge in [-0.1, -0.05) is 19.8 Å². The fraction of sp³-hybridized carbons (Fsp3) is 0.389. The Kier molecular flexibility index (Phi) is 7.00. The Morgan fingerprint density at radius 2 is 1.96 bits per heavy atom. The summed E-state index contributed by atoms with van der Waals surface area (Å²) in [5, 5.41) is 5.95. The maximum absolute atomic E-state index is 12.4. The minimum Gasteiger partial charge on any atom is -0.497 e. The van der Waals surface area contributed by atoms with Gasteiger partial charge in [0, 0.05) is 12.6 Å². The molecule has 0 fully saturated rings. The molecule has 0 bridgehead atoms. The van der Waals surface area contributed by atoms with E-state index in [9.17, 15) is 4.79 Å². The van der Waals surface area contributed by atoms with Crippen molar-refractivity contribution in [2.24, 2.45) is 0 Å². The van der Waals surface area contributed by atoms with E-state index in [0.717, 1.165) is 13.0 Å². The van der Waals surface area contributed by atoms with Crippen LogP contribution < -0.4 is 20.1 Å². The number of carbonyl (C=O) groups excluding carboxylic acids is 1. The summed E-state index contributed by atoms with van der Waals surface area (Å²) in [4.78, 5) is 20.7. The Bertz CT molecular complexity index is 689. The first kappa shape index (κ1) is 18.5. The highest BCUT2D eigenvalue weighted by Crippen LogP contribution is 2.29. The van der Waals surface area contributed by atoms with Crippen molar-refractivity contribution in [3.05, 3.63) is 36.3 Å². The number of amides is 1. The zero-order valence-electron chi connectivity index (χ0n) is 14.8. The highest BCUT2D eigenvalue weighted by atomic mass is 16.5. The summed E-state index contributed by atoms with van der Waals surface area (Å²) in [6, 6.07) is 5.17. The van der Waals surface area contributed by atoms with E-state index in [0.29, 0.717) is 23.0 Å². The third kappa shape index (κ3) is 5.34. The Hall–Kier alpha value is -2.83. The zero-order valence-corrected chi connectivity index (χ0v) is 14.8. The Morgan fingerprint density at radius 3 is 2.60 bits per heavy atom. The Balaban J connectivity index is 2.01. The average molecular weight is 344 g/mol. The number of benzene rings is 1. The predicted octanol–water partition coefficient (Wildman–Crippen LogP) is 3.35. The van der Waals surface area contributed by atoms with Crippen molar-refractivity contribution in [2.45, 2.75) is 26.2 Å². The highest BCUT2D eigenvalue weighted by Gasteiger charge is 2.12. The topological polar surface area (TPSA) is 85.4 Å². The monoisotopic (exact) mass is 344 g/mol. The molecular weight excluding hydrogens is 320 g/mol. The number of carbonyl (C=O) groups is 1. The number of ether oxygens (including phenoxy) is 2. The molecule has 0 aliphatic carbocycles. The van der Waals surface area contributed by atoms with Gasteiger partial charge in [-0.3, -0.25) is 4.79 Å². The standard InChI is InChI=1S/C18H24N4O3/c1-4-5-6-9-19-17-12-20-15(11-21-17)18(23)22-14-10-13(24-2)7-8-16(14)25-3/h7-8,10-12H,4-6,9H2,1-3H3,(H,19,21)(H,22,23). The van der Waals surface area contributed by atoms with Crippen LogP contribution in [-0.4, -0.2) is 36.6 Å². The van der Waals surface area contributed by atoms with Gasteiger partial charge in [0.1, 0.15) is 23.0 Å². The fourth-order valence-corrected chi connectivity index (χ4v) is 2.23. The largest absolute Gasteiger partial charge is 0.497 e. The van der Waals surface area contributed by atoms with Gasteiger partial charge in [-0.2, -0.15) is 0 Å². The summed E-state index contributed by atoms with van der Waals surface area (Å²) < 4.78 is 10.4. The van der Waals surface area contributed by atoms with Crippen molar-refractivity contribution in [2.75, 3.05) is 31.4 Å². The molecule has 134 valence electrons. The molecule has 0 atom stereocenters. The average Bonchev–Trinajstić information content (AvgIpc) is 2.65. The fourth-order valence-electron chi connectivity index (χ4n) is 2.23. The number of hydrogen-bond acceptors (Lipinski definition) is 6. The Morgan fingerprint density at radius 1 is 1.12 bits per heavy atom. The van der Waals surface area contributed by atoms with Crippen LogP contribution in [0.3, 0.4) is 0 Å². The first-order chi connectivity index (χ1) is 12.2. The highest BCUT2D eigenvalue weighted by molar-refractivity contribution is 6.03. The summed E-state index contributed by atoms with van der Waals surface area (Å²) in [7, 11) is 3.10. The van der Waals surface area contributed by atoms with E-state index >= 15 is 0 Å². The molecular formula is C18H24N4O3. The molecule has 2 rings (SSSR count). The van der Waals surface area contributed by atoms with Crippen molar-refractivity contribution in [1.29, 1.82) is 0 Å². The lowest BCUT2D eigenvalue weighted by atomic mass is 10.2. The second-order valence-corrected chi connectivity index (χ2v) is 5.44. The lowest BCUT2D eigenvalue weighted by Crippen LogP contribution is -2.15. The first-order valence-electron chi connectivity index (χ1n) is 8.27. The molecule has 2 N–H and O–H groups in total. The van der Waals surface area contributed by atoms with E-state index in [2.05, 4.69) is 27.5 Å². The first-order valence-corrected chi connectivity index (χ1v) is 8.27. The maximum Gasteiger partial charge on any atom is 0.275 e. The SMILES string of the molecule is CCCCCNc1cnc(C(=O)Nc2cc(OC)ccc2OC)cn1. The summed E-state index contributed by atoms with van der Waals surface area (Å²) in [5.74, 6) is 1.45. The number of anilines is 2. The van der Waals surface area contributed by atoms with E-state index < -0.39 is 0 Å². The minimum absolute atomic E-state index is 0.226. The van der Waals surface area contributed by atoms with Gasteiger partial charge in [0.15, 0.2) is 0 Å². The summed E-state index contributed by atoms with van der Waals surface area (Å²) >= 11 is 0. The smallest absolute Gasteiger partial charge is 0.275 e. The molecule has 0 radical (unpaired) electrons. The van der Waals surface area contributed by atoms with Crippen LogP contribution in [0.4, 0.5) is 11.5 Å². The molecule has 0 unspecified atom stereocenters. The molecule has 0 saturated carbocycles. The van der Waals surface area contributed by atoms with E-state index in [4.69, 9.17) is 9.47 Å². The van der Waals surface area contributed by atoms with Gasteiger partial charge in [0.2, 0.25) is 0 Å². The van der Waals surface area contributed by atoms with Crippen LogP contribution in [0.2, 0.25) is 0 Å². The maximum atomic E-state index is 12.4. The summed E-state index contributed by atoms with van der Waals surface area (Å²) in [5.41, 5.74) is 0.736. The van der Waals surface area contributed by atoms with Gasteiger partial charge in [-0.15, -0.1) is 0 Å². The van der Waals surface area contributed by atoms with Crippen molar-refractivity contribution in [1.82, 2.24) is 9.97 Å². The second-order valence-electron chi connectivity index (χ2n) is 5.44. The van der Waals surface area contributed by atoms with Crippen molar-refractivity contribution >= 4 is 17.4 Å². The Labute approximate surface area is 147 Å². The number of aromatic nitrogens is 2. The van der Waals surface area contributed by atoms with Crippen molar-refractivity contribution in [3.8, 4) is 11.5 Å². The normalized spacial score (nSPS) is 10.2. The molecule has 0 aliphatic heterocycles. The van der Waals surface area contributed by atoms with Crippen LogP contribution in [0.15, 0.2) is 30.6 Å². The molecule has 25 heavy (non-hydrogen) atoms. The van der Waals surface area contributed by atoms with Gasteiger partial charge in [-0.25, -0.2) is 9.97 Å². The molecule has 1 aromatic carbocycles. The predicted molar refractivity (Wildman–Crippen MR) is 97.5 cm³/mol. The molecule has 0 saturated heterocycles. The minimum atomic E-state index is -0.364. The molecule has 7 heteroatoms.